The van der Waals surface area contributed by atoms with E-state index in [0.29, 0.717) is 16.7 Å². The molecule has 1 atom stereocenters. The Morgan fingerprint density at radius 3 is 2.59 bits per heavy atom. The number of hydrogen-bond donors (Lipinski definition) is 3. The largest absolute Gasteiger partial charge is 0.494 e. The van der Waals surface area contributed by atoms with Crippen molar-refractivity contribution in [1.82, 2.24) is 20.2 Å². The molecule has 0 bridgehead atoms. The zero-order valence-corrected chi connectivity index (χ0v) is 21.1. The second-order valence-electron chi connectivity index (χ2n) is 9.35. The van der Waals surface area contributed by atoms with Gasteiger partial charge in [-0.15, -0.1) is 5.92 Å². The van der Waals surface area contributed by atoms with Crippen LogP contribution in [0.1, 0.15) is 12.5 Å². The van der Waals surface area contributed by atoms with Gasteiger partial charge in [0, 0.05) is 28.6 Å². The highest BCUT2D eigenvalue weighted by atomic mass is 16.5. The number of nitrogens with zero attached hydrogens (tertiary/aromatic N) is 2. The van der Waals surface area contributed by atoms with E-state index >= 15 is 0 Å². The molecule has 1 fully saturated rings. The van der Waals surface area contributed by atoms with Gasteiger partial charge >= 0.3 is 6.03 Å². The molecule has 3 aromatic carbocycles. The fraction of sp³-hybridized carbons (Fsp3) is 0.129. The van der Waals surface area contributed by atoms with Crippen molar-refractivity contribution in [3.05, 3.63) is 90.8 Å². The van der Waals surface area contributed by atoms with Crippen LogP contribution in [0, 0.1) is 11.8 Å². The molecule has 8 heteroatoms. The van der Waals surface area contributed by atoms with Crippen molar-refractivity contribution in [2.45, 2.75) is 19.0 Å². The molecule has 192 valence electrons. The quantitative estimate of drug-likeness (QED) is 0.224. The Kier molecular flexibility index (Phi) is 5.89. The fourth-order valence-electron chi connectivity index (χ4n) is 4.98. The first-order valence-corrected chi connectivity index (χ1v) is 12.4. The lowest BCUT2D eigenvalue weighted by Crippen LogP contribution is -2.47. The highest BCUT2D eigenvalue weighted by Gasteiger charge is 2.48. The summed E-state index contributed by atoms with van der Waals surface area (Å²) in [4.78, 5) is 29.9. The minimum Gasteiger partial charge on any atom is -0.494 e. The number of carbonyl (C=O) groups excluding carboxylic acids is 2. The van der Waals surface area contributed by atoms with Gasteiger partial charge in [0.1, 0.15) is 12.4 Å². The number of hydrogen-bond acceptors (Lipinski definition) is 5. The van der Waals surface area contributed by atoms with Gasteiger partial charge in [0.2, 0.25) is 0 Å². The predicted molar refractivity (Wildman–Crippen MR) is 148 cm³/mol. The maximum Gasteiger partial charge on any atom is 0.322 e. The van der Waals surface area contributed by atoms with Crippen LogP contribution in [-0.4, -0.2) is 33.2 Å². The molecule has 0 spiro atoms. The molecule has 0 radical (unpaired) electrons. The number of benzene rings is 3. The molecule has 6 rings (SSSR count). The number of imide groups is 1. The summed E-state index contributed by atoms with van der Waals surface area (Å²) in [5.41, 5.74) is 2.06. The van der Waals surface area contributed by atoms with Gasteiger partial charge in [0.15, 0.2) is 11.4 Å². The van der Waals surface area contributed by atoms with E-state index in [-0.39, 0.29) is 19.0 Å². The van der Waals surface area contributed by atoms with E-state index in [1.165, 1.54) is 0 Å². The second-order valence-corrected chi connectivity index (χ2v) is 9.35. The van der Waals surface area contributed by atoms with E-state index in [1.807, 2.05) is 54.6 Å². The first kappa shape index (κ1) is 24.1. The van der Waals surface area contributed by atoms with E-state index < -0.39 is 17.5 Å². The van der Waals surface area contributed by atoms with Crippen LogP contribution in [-0.2, 0) is 16.9 Å². The summed E-state index contributed by atoms with van der Waals surface area (Å²) in [7, 11) is 0. The van der Waals surface area contributed by atoms with Crippen LogP contribution >= 0.6 is 0 Å². The summed E-state index contributed by atoms with van der Waals surface area (Å²) >= 11 is 0. The number of rotatable bonds is 6. The standard InChI is InChI=1S/C31H24N4O4/c1-2-3-15-39-25-12-8-23-18-35(28(36)26(23)17-25)19-31(29(37)33-30(38)34-31)24-10-6-20(7-11-24)21-9-13-27-22(16-21)5-4-14-32-27/h4-14,16-18,36H,15,19H2,1H3,(H2,33,34,37,38)/t31-/m1/s1. The van der Waals surface area contributed by atoms with Gasteiger partial charge in [-0.3, -0.25) is 15.1 Å². The van der Waals surface area contributed by atoms with Crippen molar-refractivity contribution < 1.29 is 19.4 Å². The number of ether oxygens (including phenoxy) is 1. The molecular formula is C31H24N4O4. The molecule has 3 heterocycles. The van der Waals surface area contributed by atoms with E-state index in [0.717, 1.165) is 27.4 Å². The molecule has 8 nitrogen and oxygen atoms in total. The van der Waals surface area contributed by atoms with E-state index in [9.17, 15) is 14.7 Å². The van der Waals surface area contributed by atoms with Crippen LogP contribution in [0.2, 0.25) is 0 Å². The van der Waals surface area contributed by atoms with Crippen LogP contribution in [0.4, 0.5) is 4.79 Å². The summed E-state index contributed by atoms with van der Waals surface area (Å²) in [5.74, 6) is 5.66. The predicted octanol–water partition coefficient (Wildman–Crippen LogP) is 4.70. The van der Waals surface area contributed by atoms with Crippen molar-refractivity contribution in [3.63, 3.8) is 0 Å². The second kappa shape index (κ2) is 9.54. The number of nitrogens with one attached hydrogen (secondary N) is 2. The third-order valence-corrected chi connectivity index (χ3v) is 6.98. The minimum atomic E-state index is -1.41. The van der Waals surface area contributed by atoms with Crippen molar-refractivity contribution in [2.24, 2.45) is 0 Å². The van der Waals surface area contributed by atoms with E-state index in [2.05, 4.69) is 33.5 Å². The number of amides is 3. The zero-order valence-electron chi connectivity index (χ0n) is 21.1. The Bertz CT molecular complexity index is 1810. The van der Waals surface area contributed by atoms with Crippen LogP contribution < -0.4 is 15.4 Å². The van der Waals surface area contributed by atoms with Gasteiger partial charge < -0.3 is 19.7 Å². The van der Waals surface area contributed by atoms with E-state index in [1.54, 1.807) is 36.0 Å². The third kappa shape index (κ3) is 4.30. The van der Waals surface area contributed by atoms with Gasteiger partial charge in [-0.2, -0.15) is 0 Å². The minimum absolute atomic E-state index is 0.0103. The number of urea groups is 1. The first-order chi connectivity index (χ1) is 19.0. The molecule has 2 aromatic heterocycles. The average molecular weight is 517 g/mol. The number of carbonyl (C=O) groups is 2. The molecule has 1 saturated heterocycles. The summed E-state index contributed by atoms with van der Waals surface area (Å²) < 4.78 is 7.19. The number of pyridine rings is 1. The fourth-order valence-corrected chi connectivity index (χ4v) is 4.98. The number of fused-ring (bicyclic) bond motifs is 2. The Labute approximate surface area is 224 Å². The highest BCUT2D eigenvalue weighted by molar-refractivity contribution is 6.07. The van der Waals surface area contributed by atoms with Gasteiger partial charge in [-0.25, -0.2) is 4.79 Å². The summed E-state index contributed by atoms with van der Waals surface area (Å²) in [6.45, 7) is 1.97. The van der Waals surface area contributed by atoms with Gasteiger partial charge in [0.05, 0.1) is 12.1 Å². The molecule has 1 aliphatic rings. The third-order valence-electron chi connectivity index (χ3n) is 6.98. The smallest absolute Gasteiger partial charge is 0.322 e. The van der Waals surface area contributed by atoms with Gasteiger partial charge in [0.25, 0.3) is 5.91 Å². The van der Waals surface area contributed by atoms with Crippen molar-refractivity contribution >= 4 is 33.6 Å². The molecule has 0 saturated carbocycles. The molecule has 3 amide bonds. The van der Waals surface area contributed by atoms with Crippen LogP contribution in [0.25, 0.3) is 32.8 Å². The monoisotopic (exact) mass is 516 g/mol. The molecule has 1 aliphatic heterocycles. The van der Waals surface area contributed by atoms with E-state index in [4.69, 9.17) is 4.74 Å². The van der Waals surface area contributed by atoms with Gasteiger partial charge in [-0.05, 0) is 60.0 Å². The van der Waals surface area contributed by atoms with Crippen LogP contribution in [0.15, 0.2) is 85.2 Å². The van der Waals surface area contributed by atoms with Crippen molar-refractivity contribution in [1.29, 1.82) is 0 Å². The Hall–Kier alpha value is -5.29. The molecule has 3 N–H and O–H groups in total. The van der Waals surface area contributed by atoms with Gasteiger partial charge in [-0.1, -0.05) is 42.3 Å². The lowest BCUT2D eigenvalue weighted by molar-refractivity contribution is -0.124. The summed E-state index contributed by atoms with van der Waals surface area (Å²) in [6.07, 6.45) is 3.51. The summed E-state index contributed by atoms with van der Waals surface area (Å²) in [5, 5.41) is 18.6. The molecule has 0 unspecified atom stereocenters. The maximum absolute atomic E-state index is 13.2. The molecule has 5 aromatic rings. The molecule has 0 aliphatic carbocycles. The van der Waals surface area contributed by atoms with Crippen molar-refractivity contribution in [2.75, 3.05) is 6.61 Å². The Morgan fingerprint density at radius 1 is 1.00 bits per heavy atom. The topological polar surface area (TPSA) is 105 Å². The molecular weight excluding hydrogens is 492 g/mol. The highest BCUT2D eigenvalue weighted by Crippen LogP contribution is 2.35. The van der Waals surface area contributed by atoms with Crippen LogP contribution in [0.3, 0.4) is 0 Å². The average Bonchev–Trinajstić information content (AvgIpc) is 3.42. The molecule has 39 heavy (non-hydrogen) atoms. The Morgan fingerprint density at radius 2 is 1.82 bits per heavy atom. The SMILES string of the molecule is CC#CCOc1ccc2cn(C[C@]3(c4ccc(-c5ccc6ncccc6c5)cc4)NC(=O)NC3=O)c(O)c2c1. The lowest BCUT2D eigenvalue weighted by atomic mass is 9.88. The zero-order chi connectivity index (χ0) is 27.0. The summed E-state index contributed by atoms with van der Waals surface area (Å²) in [6, 6.07) is 22.2. The number of aromatic hydroxyl groups is 1. The lowest BCUT2D eigenvalue weighted by Gasteiger charge is -2.27. The maximum atomic E-state index is 13.2. The normalized spacial score (nSPS) is 16.5. The first-order valence-electron chi connectivity index (χ1n) is 12.4. The van der Waals surface area contributed by atoms with Crippen molar-refractivity contribution in [3.8, 4) is 34.6 Å². The number of aromatic nitrogens is 2. The van der Waals surface area contributed by atoms with Crippen LogP contribution in [0.5, 0.6) is 11.6 Å². The Balaban J connectivity index is 1.35.